The Morgan fingerprint density at radius 2 is 1.81 bits per heavy atom. The normalized spacial score (nSPS) is 12.2. The van der Waals surface area contributed by atoms with Crippen LogP contribution in [0.4, 0.5) is 8.78 Å². The van der Waals surface area contributed by atoms with E-state index >= 15 is 0 Å². The van der Waals surface area contributed by atoms with Gasteiger partial charge in [-0.3, -0.25) is 0 Å². The second-order valence-corrected chi connectivity index (χ2v) is 16.2. The zero-order valence-corrected chi connectivity index (χ0v) is 22.1. The standard InChI is InChI=1S/C22H21BrF2IN3OSi/c1-31(2,3)10-9-30-12-29-21-14-8-7-13(26)11-15(14)19(27-20(21)22(23)28-29)18-16(24)5-4-6-17(18)25/h4-8,11H,9-10,12H2,1-3H3. The summed E-state index contributed by atoms with van der Waals surface area (Å²) in [7, 11) is -1.20. The molecule has 0 saturated heterocycles. The maximum Gasteiger partial charge on any atom is 0.154 e. The Balaban J connectivity index is 1.89. The van der Waals surface area contributed by atoms with Crippen LogP contribution in [-0.2, 0) is 11.5 Å². The van der Waals surface area contributed by atoms with Crippen LogP contribution in [0.3, 0.4) is 0 Å². The van der Waals surface area contributed by atoms with Crippen LogP contribution in [0.2, 0.25) is 25.7 Å². The molecule has 0 radical (unpaired) electrons. The lowest BCUT2D eigenvalue weighted by molar-refractivity contribution is 0.0816. The first-order valence-electron chi connectivity index (χ1n) is 9.83. The number of hydrogen-bond acceptors (Lipinski definition) is 3. The van der Waals surface area contributed by atoms with Crippen molar-refractivity contribution in [1.29, 1.82) is 0 Å². The molecule has 0 spiro atoms. The minimum atomic E-state index is -1.20. The Morgan fingerprint density at radius 3 is 2.48 bits per heavy atom. The molecule has 4 rings (SSSR count). The Hall–Kier alpha value is -1.43. The maximum atomic E-state index is 14.6. The van der Waals surface area contributed by atoms with Gasteiger partial charge in [0.05, 0.1) is 16.8 Å². The summed E-state index contributed by atoms with van der Waals surface area (Å²) in [6.45, 7) is 7.86. The Kier molecular flexibility index (Phi) is 6.48. The van der Waals surface area contributed by atoms with Crippen LogP contribution in [0, 0.1) is 15.2 Å². The lowest BCUT2D eigenvalue weighted by atomic mass is 10.0. The van der Waals surface area contributed by atoms with Gasteiger partial charge in [0.25, 0.3) is 0 Å². The van der Waals surface area contributed by atoms with Crippen molar-refractivity contribution in [1.82, 2.24) is 14.8 Å². The number of ether oxygens (including phenoxy) is 1. The molecule has 2 aromatic carbocycles. The summed E-state index contributed by atoms with van der Waals surface area (Å²) >= 11 is 5.66. The van der Waals surface area contributed by atoms with Crippen molar-refractivity contribution < 1.29 is 13.5 Å². The molecule has 31 heavy (non-hydrogen) atoms. The van der Waals surface area contributed by atoms with Gasteiger partial charge in [-0.15, -0.1) is 0 Å². The number of aromatic nitrogens is 3. The number of benzene rings is 2. The van der Waals surface area contributed by atoms with Crippen molar-refractivity contribution >= 4 is 68.4 Å². The number of fused-ring (bicyclic) bond motifs is 3. The summed E-state index contributed by atoms with van der Waals surface area (Å²) in [4.78, 5) is 4.66. The lowest BCUT2D eigenvalue weighted by Gasteiger charge is -2.16. The van der Waals surface area contributed by atoms with E-state index in [2.05, 4.69) is 68.2 Å². The van der Waals surface area contributed by atoms with Gasteiger partial charge >= 0.3 is 0 Å². The molecule has 0 N–H and O–H groups in total. The monoisotopic (exact) mass is 615 g/mol. The van der Waals surface area contributed by atoms with Gasteiger partial charge < -0.3 is 4.74 Å². The molecule has 9 heteroatoms. The fraction of sp³-hybridized carbons (Fsp3) is 0.273. The summed E-state index contributed by atoms with van der Waals surface area (Å²) in [5.41, 5.74) is 1.44. The summed E-state index contributed by atoms with van der Waals surface area (Å²) in [5.74, 6) is -1.30. The van der Waals surface area contributed by atoms with Gasteiger partial charge in [0.1, 0.15) is 23.9 Å². The van der Waals surface area contributed by atoms with Gasteiger partial charge in [0.2, 0.25) is 0 Å². The molecule has 0 saturated carbocycles. The quantitative estimate of drug-likeness (QED) is 0.131. The van der Waals surface area contributed by atoms with Crippen LogP contribution in [0.5, 0.6) is 0 Å². The van der Waals surface area contributed by atoms with Gasteiger partial charge in [-0.05, 0) is 68.8 Å². The number of pyridine rings is 1. The maximum absolute atomic E-state index is 14.6. The van der Waals surface area contributed by atoms with Crippen molar-refractivity contribution in [3.63, 3.8) is 0 Å². The molecule has 0 aliphatic carbocycles. The van der Waals surface area contributed by atoms with Gasteiger partial charge in [0.15, 0.2) is 4.60 Å². The predicted molar refractivity (Wildman–Crippen MR) is 135 cm³/mol. The van der Waals surface area contributed by atoms with Crippen molar-refractivity contribution in [3.8, 4) is 11.3 Å². The lowest BCUT2D eigenvalue weighted by Crippen LogP contribution is -2.22. The Morgan fingerprint density at radius 1 is 1.10 bits per heavy atom. The molecule has 0 fully saturated rings. The molecule has 0 aliphatic rings. The zero-order chi connectivity index (χ0) is 22.3. The number of halogens is 4. The molecular weight excluding hydrogens is 595 g/mol. The van der Waals surface area contributed by atoms with Crippen LogP contribution < -0.4 is 0 Å². The summed E-state index contributed by atoms with van der Waals surface area (Å²) in [5, 5.41) is 6.02. The second kappa shape index (κ2) is 8.84. The highest BCUT2D eigenvalue weighted by Crippen LogP contribution is 2.37. The topological polar surface area (TPSA) is 39.9 Å². The number of rotatable bonds is 6. The molecule has 4 aromatic rings. The highest BCUT2D eigenvalue weighted by molar-refractivity contribution is 14.1. The molecule has 0 bridgehead atoms. The Labute approximate surface area is 202 Å². The third-order valence-corrected chi connectivity index (χ3v) is 7.92. The highest BCUT2D eigenvalue weighted by atomic mass is 127. The minimum absolute atomic E-state index is 0.137. The van der Waals surface area contributed by atoms with Gasteiger partial charge in [-0.25, -0.2) is 18.4 Å². The fourth-order valence-electron chi connectivity index (χ4n) is 3.42. The average Bonchev–Trinajstić information content (AvgIpc) is 3.00. The first-order chi connectivity index (χ1) is 14.7. The first-order valence-corrected chi connectivity index (χ1v) is 15.4. The van der Waals surface area contributed by atoms with E-state index in [1.165, 1.54) is 18.2 Å². The number of hydrogen-bond donors (Lipinski definition) is 0. The first kappa shape index (κ1) is 22.7. The average molecular weight is 616 g/mol. The smallest absolute Gasteiger partial charge is 0.154 e. The van der Waals surface area contributed by atoms with E-state index in [-0.39, 0.29) is 18.0 Å². The van der Waals surface area contributed by atoms with E-state index in [4.69, 9.17) is 4.74 Å². The van der Waals surface area contributed by atoms with E-state index in [0.29, 0.717) is 22.1 Å². The molecule has 0 unspecified atom stereocenters. The minimum Gasteiger partial charge on any atom is -0.360 e. The van der Waals surface area contributed by atoms with Gasteiger partial charge in [-0.2, -0.15) is 5.10 Å². The van der Waals surface area contributed by atoms with Crippen molar-refractivity contribution in [2.24, 2.45) is 0 Å². The third-order valence-electron chi connectivity index (χ3n) is 5.01. The number of nitrogens with zero attached hydrogens (tertiary/aromatic N) is 3. The van der Waals surface area contributed by atoms with Gasteiger partial charge in [0, 0.05) is 29.0 Å². The molecule has 2 aromatic heterocycles. The summed E-state index contributed by atoms with van der Waals surface area (Å²) in [6, 6.07) is 10.7. The predicted octanol–water partition coefficient (Wildman–Crippen LogP) is 7.21. The van der Waals surface area contributed by atoms with E-state index in [1.54, 1.807) is 4.68 Å². The fourth-order valence-corrected chi connectivity index (χ4v) is 5.13. The molecule has 0 amide bonds. The molecule has 0 aliphatic heterocycles. The summed E-state index contributed by atoms with van der Waals surface area (Å²) < 4.78 is 38.4. The molecule has 4 nitrogen and oxygen atoms in total. The third kappa shape index (κ3) is 4.69. The van der Waals surface area contributed by atoms with E-state index < -0.39 is 19.7 Å². The SMILES string of the molecule is C[Si](C)(C)CCOCn1nc(Br)c2nc(-c3c(F)cccc3F)c3cc(I)ccc3c21. The van der Waals surface area contributed by atoms with Crippen LogP contribution in [0.25, 0.3) is 33.1 Å². The van der Waals surface area contributed by atoms with Crippen LogP contribution in [0.1, 0.15) is 0 Å². The van der Waals surface area contributed by atoms with E-state index in [1.807, 2.05) is 18.2 Å². The largest absolute Gasteiger partial charge is 0.360 e. The Bertz CT molecular complexity index is 1270. The van der Waals surface area contributed by atoms with Crippen LogP contribution in [0.15, 0.2) is 41.0 Å². The van der Waals surface area contributed by atoms with Gasteiger partial charge in [-0.1, -0.05) is 31.8 Å². The highest BCUT2D eigenvalue weighted by Gasteiger charge is 2.22. The summed E-state index contributed by atoms with van der Waals surface area (Å²) in [6.07, 6.45) is 0. The zero-order valence-electron chi connectivity index (χ0n) is 17.3. The molecule has 2 heterocycles. The molecule has 0 atom stereocenters. The van der Waals surface area contributed by atoms with E-state index in [0.717, 1.165) is 20.5 Å². The van der Waals surface area contributed by atoms with Crippen LogP contribution >= 0.6 is 38.5 Å². The van der Waals surface area contributed by atoms with E-state index in [9.17, 15) is 8.78 Å². The van der Waals surface area contributed by atoms with Crippen molar-refractivity contribution in [2.45, 2.75) is 32.4 Å². The van der Waals surface area contributed by atoms with Crippen molar-refractivity contribution in [3.05, 3.63) is 56.2 Å². The molecule has 162 valence electrons. The van der Waals surface area contributed by atoms with Crippen LogP contribution in [-0.4, -0.2) is 29.4 Å². The molecular formula is C22H21BrF2IN3OSi. The second-order valence-electron chi connectivity index (χ2n) is 8.58. The van der Waals surface area contributed by atoms with Crippen molar-refractivity contribution in [2.75, 3.05) is 6.61 Å².